The fourth-order valence-corrected chi connectivity index (χ4v) is 2.11. The van der Waals surface area contributed by atoms with Gasteiger partial charge in [-0.1, -0.05) is 0 Å². The monoisotopic (exact) mass is 369 g/mol. The van der Waals surface area contributed by atoms with Crippen molar-refractivity contribution in [1.29, 1.82) is 0 Å². The minimum atomic E-state index is -0.0795. The second kappa shape index (κ2) is 9.41. The fourth-order valence-electron chi connectivity index (χ4n) is 2.11. The SMILES string of the molecule is CCNC(=NC)N1CCCC(C(=O)OCC)C1.I. The zero-order chi connectivity index (χ0) is 12.7. The molecule has 0 bridgehead atoms. The Morgan fingerprint density at radius 3 is 2.78 bits per heavy atom. The summed E-state index contributed by atoms with van der Waals surface area (Å²) in [6.45, 7) is 6.84. The number of hydrogen-bond acceptors (Lipinski definition) is 3. The van der Waals surface area contributed by atoms with Crippen LogP contribution in [0.5, 0.6) is 0 Å². The predicted molar refractivity (Wildman–Crippen MR) is 83.4 cm³/mol. The van der Waals surface area contributed by atoms with Crippen molar-refractivity contribution in [3.63, 3.8) is 0 Å². The Bertz CT molecular complexity index is 284. The second-order valence-corrected chi connectivity index (χ2v) is 4.11. The number of likely N-dealkylation sites (tertiary alicyclic amines) is 1. The minimum Gasteiger partial charge on any atom is -0.466 e. The quantitative estimate of drug-likeness (QED) is 0.354. The summed E-state index contributed by atoms with van der Waals surface area (Å²) in [4.78, 5) is 18.1. The molecule has 5 nitrogen and oxygen atoms in total. The molecule has 1 heterocycles. The number of hydrogen-bond donors (Lipinski definition) is 1. The molecule has 0 aromatic carbocycles. The highest BCUT2D eigenvalue weighted by molar-refractivity contribution is 14.0. The number of halogens is 1. The Morgan fingerprint density at radius 1 is 1.50 bits per heavy atom. The Labute approximate surface area is 126 Å². The largest absolute Gasteiger partial charge is 0.466 e. The first-order valence-electron chi connectivity index (χ1n) is 6.35. The van der Waals surface area contributed by atoms with Gasteiger partial charge >= 0.3 is 5.97 Å². The van der Waals surface area contributed by atoms with Gasteiger partial charge in [0.15, 0.2) is 5.96 Å². The molecular formula is C12H24IN3O2. The van der Waals surface area contributed by atoms with E-state index in [9.17, 15) is 4.79 Å². The van der Waals surface area contributed by atoms with E-state index in [0.717, 1.165) is 31.9 Å². The number of nitrogens with one attached hydrogen (secondary N) is 1. The highest BCUT2D eigenvalue weighted by Crippen LogP contribution is 2.17. The van der Waals surface area contributed by atoms with E-state index >= 15 is 0 Å². The van der Waals surface area contributed by atoms with Gasteiger partial charge in [-0.05, 0) is 26.7 Å². The maximum atomic E-state index is 11.7. The summed E-state index contributed by atoms with van der Waals surface area (Å²) in [5.74, 6) is 0.782. The molecule has 0 aromatic rings. The Balaban J connectivity index is 0.00000289. The molecule has 106 valence electrons. The molecular weight excluding hydrogens is 345 g/mol. The van der Waals surface area contributed by atoms with Gasteiger partial charge in [0.1, 0.15) is 0 Å². The van der Waals surface area contributed by atoms with Crippen LogP contribution in [0.25, 0.3) is 0 Å². The molecule has 1 N–H and O–H groups in total. The van der Waals surface area contributed by atoms with Gasteiger partial charge in [-0.15, -0.1) is 24.0 Å². The summed E-state index contributed by atoms with van der Waals surface area (Å²) in [6, 6.07) is 0. The van der Waals surface area contributed by atoms with Crippen molar-refractivity contribution in [2.75, 3.05) is 33.3 Å². The van der Waals surface area contributed by atoms with Gasteiger partial charge in [0.05, 0.1) is 12.5 Å². The average molecular weight is 369 g/mol. The number of nitrogens with zero attached hydrogens (tertiary/aromatic N) is 2. The molecule has 0 spiro atoms. The van der Waals surface area contributed by atoms with Crippen LogP contribution in [0.15, 0.2) is 4.99 Å². The van der Waals surface area contributed by atoms with E-state index in [2.05, 4.69) is 15.2 Å². The van der Waals surface area contributed by atoms with Crippen LogP contribution in [0.4, 0.5) is 0 Å². The molecule has 1 unspecified atom stereocenters. The van der Waals surface area contributed by atoms with E-state index in [4.69, 9.17) is 4.74 Å². The zero-order valence-corrected chi connectivity index (χ0v) is 13.8. The van der Waals surface area contributed by atoms with Crippen LogP contribution in [0.2, 0.25) is 0 Å². The van der Waals surface area contributed by atoms with Gasteiger partial charge in [-0.2, -0.15) is 0 Å². The standard InChI is InChI=1S/C12H23N3O2.HI/c1-4-14-12(13-3)15-8-6-7-10(9-15)11(16)17-5-2;/h10H,4-9H2,1-3H3,(H,13,14);1H. The van der Waals surface area contributed by atoms with Crippen LogP contribution >= 0.6 is 24.0 Å². The Kier molecular flexibility index (Phi) is 9.13. The molecule has 6 heteroatoms. The zero-order valence-electron chi connectivity index (χ0n) is 11.4. The van der Waals surface area contributed by atoms with Gasteiger partial charge in [0, 0.05) is 26.7 Å². The van der Waals surface area contributed by atoms with Crippen molar-refractivity contribution < 1.29 is 9.53 Å². The molecule has 1 saturated heterocycles. The molecule has 1 fully saturated rings. The second-order valence-electron chi connectivity index (χ2n) is 4.11. The van der Waals surface area contributed by atoms with E-state index < -0.39 is 0 Å². The van der Waals surface area contributed by atoms with Crippen LogP contribution in [0.1, 0.15) is 26.7 Å². The maximum absolute atomic E-state index is 11.7. The first-order chi connectivity index (χ1) is 8.22. The van der Waals surface area contributed by atoms with Crippen molar-refractivity contribution in [2.45, 2.75) is 26.7 Å². The molecule has 1 atom stereocenters. The van der Waals surface area contributed by atoms with E-state index in [-0.39, 0.29) is 35.9 Å². The number of rotatable bonds is 3. The summed E-state index contributed by atoms with van der Waals surface area (Å²) in [6.07, 6.45) is 1.92. The molecule has 0 aromatic heterocycles. The Morgan fingerprint density at radius 2 is 2.22 bits per heavy atom. The highest BCUT2D eigenvalue weighted by atomic mass is 127. The minimum absolute atomic E-state index is 0. The van der Waals surface area contributed by atoms with Crippen LogP contribution in [-0.2, 0) is 9.53 Å². The first kappa shape index (κ1) is 17.5. The summed E-state index contributed by atoms with van der Waals surface area (Å²) in [7, 11) is 1.77. The van der Waals surface area contributed by atoms with Crippen LogP contribution in [-0.4, -0.2) is 50.1 Å². The van der Waals surface area contributed by atoms with Crippen LogP contribution in [0, 0.1) is 5.92 Å². The van der Waals surface area contributed by atoms with Crippen molar-refractivity contribution in [3.8, 4) is 0 Å². The number of esters is 1. The van der Waals surface area contributed by atoms with E-state index in [1.807, 2.05) is 13.8 Å². The lowest BCUT2D eigenvalue weighted by molar-refractivity contribution is -0.149. The van der Waals surface area contributed by atoms with E-state index in [1.165, 1.54) is 0 Å². The lowest BCUT2D eigenvalue weighted by Gasteiger charge is -2.33. The topological polar surface area (TPSA) is 53.9 Å². The lowest BCUT2D eigenvalue weighted by atomic mass is 9.98. The van der Waals surface area contributed by atoms with Gasteiger partial charge in [-0.25, -0.2) is 0 Å². The lowest BCUT2D eigenvalue weighted by Crippen LogP contribution is -2.48. The summed E-state index contributed by atoms with van der Waals surface area (Å²) < 4.78 is 5.08. The molecule has 0 radical (unpaired) electrons. The van der Waals surface area contributed by atoms with E-state index in [0.29, 0.717) is 13.2 Å². The van der Waals surface area contributed by atoms with E-state index in [1.54, 1.807) is 7.05 Å². The molecule has 1 aliphatic rings. The van der Waals surface area contributed by atoms with Gasteiger partial charge < -0.3 is 15.0 Å². The number of ether oxygens (including phenoxy) is 1. The molecule has 0 aliphatic carbocycles. The van der Waals surface area contributed by atoms with Crippen molar-refractivity contribution in [2.24, 2.45) is 10.9 Å². The van der Waals surface area contributed by atoms with Gasteiger partial charge in [0.25, 0.3) is 0 Å². The van der Waals surface area contributed by atoms with Gasteiger partial charge in [0.2, 0.25) is 0 Å². The fraction of sp³-hybridized carbons (Fsp3) is 0.833. The first-order valence-corrected chi connectivity index (χ1v) is 6.35. The number of guanidine groups is 1. The van der Waals surface area contributed by atoms with Crippen molar-refractivity contribution >= 4 is 35.9 Å². The third-order valence-electron chi connectivity index (χ3n) is 2.89. The molecule has 1 aliphatic heterocycles. The van der Waals surface area contributed by atoms with Crippen LogP contribution in [0.3, 0.4) is 0 Å². The molecule has 0 amide bonds. The molecule has 0 saturated carbocycles. The van der Waals surface area contributed by atoms with Gasteiger partial charge in [-0.3, -0.25) is 9.79 Å². The van der Waals surface area contributed by atoms with Crippen molar-refractivity contribution in [1.82, 2.24) is 10.2 Å². The summed E-state index contributed by atoms with van der Waals surface area (Å²) in [5, 5.41) is 3.22. The average Bonchev–Trinajstić information content (AvgIpc) is 2.36. The third kappa shape index (κ3) is 4.99. The van der Waals surface area contributed by atoms with Crippen LogP contribution < -0.4 is 5.32 Å². The predicted octanol–water partition coefficient (Wildman–Crippen LogP) is 1.47. The summed E-state index contributed by atoms with van der Waals surface area (Å²) >= 11 is 0. The smallest absolute Gasteiger partial charge is 0.310 e. The summed E-state index contributed by atoms with van der Waals surface area (Å²) in [5.41, 5.74) is 0. The Hall–Kier alpha value is -0.530. The normalized spacial score (nSPS) is 20.1. The maximum Gasteiger partial charge on any atom is 0.310 e. The highest BCUT2D eigenvalue weighted by Gasteiger charge is 2.28. The molecule has 18 heavy (non-hydrogen) atoms. The number of carbonyl (C=O) groups is 1. The third-order valence-corrected chi connectivity index (χ3v) is 2.89. The number of piperidine rings is 1. The number of carbonyl (C=O) groups excluding carboxylic acids is 1. The molecule has 1 rings (SSSR count). The number of aliphatic imine (C=N–C) groups is 1. The van der Waals surface area contributed by atoms with Crippen molar-refractivity contribution in [3.05, 3.63) is 0 Å².